The van der Waals surface area contributed by atoms with Gasteiger partial charge in [-0.05, 0) is 0 Å². The Balaban J connectivity index is 2.76. The third kappa shape index (κ3) is 0.991. The quantitative estimate of drug-likeness (QED) is 0.578. The predicted molar refractivity (Wildman–Crippen MR) is 26.9 cm³/mol. The highest BCUT2D eigenvalue weighted by Crippen LogP contribution is 1.96. The summed E-state index contributed by atoms with van der Waals surface area (Å²) in [6.45, 7) is 0. The molecule has 0 N–H and O–H groups in total. The first-order chi connectivity index (χ1) is 3.43. The van der Waals surface area contributed by atoms with Gasteiger partial charge in [-0.2, -0.15) is 0 Å². The molecule has 0 aliphatic carbocycles. The van der Waals surface area contributed by atoms with Gasteiger partial charge in [0.2, 0.25) is 12.3 Å². The van der Waals surface area contributed by atoms with Gasteiger partial charge in [0.05, 0.1) is 5.33 Å². The Morgan fingerprint density at radius 3 is 3.00 bits per heavy atom. The molecule has 0 fully saturated rings. The van der Waals surface area contributed by atoms with Crippen molar-refractivity contribution in [1.29, 1.82) is 0 Å². The Hall–Kier alpha value is -0.380. The van der Waals surface area contributed by atoms with Crippen molar-refractivity contribution in [2.45, 2.75) is 5.33 Å². The highest BCUT2D eigenvalue weighted by atomic mass is 79.9. The maximum atomic E-state index is 4.71. The van der Waals surface area contributed by atoms with Gasteiger partial charge in [0.1, 0.15) is 0 Å². The Kier molecular flexibility index (Phi) is 1.41. The van der Waals surface area contributed by atoms with Crippen LogP contribution in [0.4, 0.5) is 0 Å². The van der Waals surface area contributed by atoms with Crippen LogP contribution in [0.15, 0.2) is 10.8 Å². The average molecular weight is 163 g/mol. The molecular formula is C3H3BrN2O. The van der Waals surface area contributed by atoms with Gasteiger partial charge in [-0.3, -0.25) is 0 Å². The molecule has 0 radical (unpaired) electrons. The molecule has 3 nitrogen and oxygen atoms in total. The lowest BCUT2D eigenvalue weighted by Crippen LogP contribution is -1.72. The molecule has 1 rings (SSSR count). The maximum Gasteiger partial charge on any atom is 0.226 e. The van der Waals surface area contributed by atoms with E-state index >= 15 is 0 Å². The zero-order valence-electron chi connectivity index (χ0n) is 3.47. The number of aromatic nitrogens is 2. The monoisotopic (exact) mass is 162 g/mol. The maximum absolute atomic E-state index is 4.71. The fraction of sp³-hybridized carbons (Fsp3) is 0.333. The van der Waals surface area contributed by atoms with Gasteiger partial charge >= 0.3 is 0 Å². The molecule has 0 saturated carbocycles. The van der Waals surface area contributed by atoms with Crippen LogP contribution >= 0.6 is 15.9 Å². The first-order valence-electron chi connectivity index (χ1n) is 1.74. The molecule has 0 saturated heterocycles. The van der Waals surface area contributed by atoms with Crippen molar-refractivity contribution in [3.05, 3.63) is 12.3 Å². The van der Waals surface area contributed by atoms with Crippen molar-refractivity contribution in [3.8, 4) is 0 Å². The van der Waals surface area contributed by atoms with Crippen LogP contribution in [-0.2, 0) is 5.33 Å². The Morgan fingerprint density at radius 1 is 1.86 bits per heavy atom. The molecule has 0 atom stereocenters. The van der Waals surface area contributed by atoms with E-state index in [1.165, 1.54) is 6.39 Å². The van der Waals surface area contributed by atoms with Crippen molar-refractivity contribution in [2.24, 2.45) is 0 Å². The highest BCUT2D eigenvalue weighted by Gasteiger charge is 1.89. The summed E-state index contributed by atoms with van der Waals surface area (Å²) in [4.78, 5) is 0. The van der Waals surface area contributed by atoms with E-state index < -0.39 is 0 Å². The molecule has 0 spiro atoms. The number of rotatable bonds is 1. The number of halogens is 1. The standard InChI is InChI=1S/C3H3BrN2O/c4-1-3-6-5-2-7-3/h2H,1H2. The fourth-order valence-electron chi connectivity index (χ4n) is 0.254. The Morgan fingerprint density at radius 2 is 2.71 bits per heavy atom. The molecule has 38 valence electrons. The normalized spacial score (nSPS) is 9.29. The van der Waals surface area contributed by atoms with Gasteiger partial charge in [-0.1, -0.05) is 15.9 Å². The Labute approximate surface area is 48.9 Å². The summed E-state index contributed by atoms with van der Waals surface area (Å²) in [6.07, 6.45) is 1.30. The van der Waals surface area contributed by atoms with Crippen LogP contribution < -0.4 is 0 Å². The summed E-state index contributed by atoms with van der Waals surface area (Å²) in [5, 5.41) is 7.65. The third-order valence-corrected chi connectivity index (χ3v) is 0.999. The summed E-state index contributed by atoms with van der Waals surface area (Å²) < 4.78 is 4.71. The highest BCUT2D eigenvalue weighted by molar-refractivity contribution is 9.08. The lowest BCUT2D eigenvalue weighted by atomic mass is 10.8. The lowest BCUT2D eigenvalue weighted by molar-refractivity contribution is 0.516. The van der Waals surface area contributed by atoms with Gasteiger partial charge in [0.15, 0.2) is 0 Å². The van der Waals surface area contributed by atoms with Gasteiger partial charge in [0.25, 0.3) is 0 Å². The molecule has 0 aliphatic heterocycles. The molecule has 0 aromatic carbocycles. The van der Waals surface area contributed by atoms with Crippen LogP contribution in [0.2, 0.25) is 0 Å². The van der Waals surface area contributed by atoms with Gasteiger partial charge in [-0.25, -0.2) is 0 Å². The summed E-state index contributed by atoms with van der Waals surface area (Å²) in [5.41, 5.74) is 0. The predicted octanol–water partition coefficient (Wildman–Crippen LogP) is 0.965. The Bertz CT molecular complexity index is 127. The van der Waals surface area contributed by atoms with Crippen molar-refractivity contribution in [1.82, 2.24) is 10.2 Å². The molecule has 1 aromatic heterocycles. The minimum absolute atomic E-state index is 0.611. The van der Waals surface area contributed by atoms with E-state index in [1.54, 1.807) is 0 Å². The second-order valence-electron chi connectivity index (χ2n) is 0.966. The van der Waals surface area contributed by atoms with Gasteiger partial charge < -0.3 is 4.42 Å². The number of hydrogen-bond acceptors (Lipinski definition) is 3. The second kappa shape index (κ2) is 2.07. The molecule has 0 aliphatic rings. The number of nitrogens with zero attached hydrogens (tertiary/aromatic N) is 2. The molecule has 7 heavy (non-hydrogen) atoms. The summed E-state index contributed by atoms with van der Waals surface area (Å²) in [6, 6.07) is 0. The van der Waals surface area contributed by atoms with E-state index in [0.29, 0.717) is 11.2 Å². The first kappa shape index (κ1) is 4.77. The molecule has 4 heteroatoms. The fourth-order valence-corrected chi connectivity index (χ4v) is 0.498. The zero-order chi connectivity index (χ0) is 5.11. The number of hydrogen-bond donors (Lipinski definition) is 0. The summed E-state index contributed by atoms with van der Waals surface area (Å²) in [5.74, 6) is 0.611. The van der Waals surface area contributed by atoms with E-state index in [1.807, 2.05) is 0 Å². The molecule has 1 heterocycles. The summed E-state index contributed by atoms with van der Waals surface area (Å²) in [7, 11) is 0. The molecule has 0 amide bonds. The van der Waals surface area contributed by atoms with Crippen molar-refractivity contribution < 1.29 is 4.42 Å². The zero-order valence-corrected chi connectivity index (χ0v) is 5.05. The SMILES string of the molecule is BrCc1nnco1. The molecule has 1 aromatic rings. The largest absolute Gasteiger partial charge is 0.427 e. The minimum Gasteiger partial charge on any atom is -0.427 e. The van der Waals surface area contributed by atoms with Gasteiger partial charge in [0, 0.05) is 0 Å². The average Bonchev–Trinajstić information content (AvgIpc) is 2.14. The van der Waals surface area contributed by atoms with Crippen LogP contribution in [0.25, 0.3) is 0 Å². The molecular weight excluding hydrogens is 160 g/mol. The van der Waals surface area contributed by atoms with E-state index in [4.69, 9.17) is 4.42 Å². The van der Waals surface area contributed by atoms with Crippen LogP contribution in [0.3, 0.4) is 0 Å². The van der Waals surface area contributed by atoms with Crippen LogP contribution in [0, 0.1) is 0 Å². The van der Waals surface area contributed by atoms with E-state index in [0.717, 1.165) is 0 Å². The topological polar surface area (TPSA) is 38.9 Å². The third-order valence-electron chi connectivity index (χ3n) is 0.519. The molecule has 0 bridgehead atoms. The van der Waals surface area contributed by atoms with Crippen molar-refractivity contribution >= 4 is 15.9 Å². The van der Waals surface area contributed by atoms with E-state index in [2.05, 4.69) is 26.1 Å². The van der Waals surface area contributed by atoms with Gasteiger partial charge in [-0.15, -0.1) is 10.2 Å². The first-order valence-corrected chi connectivity index (χ1v) is 2.86. The number of alkyl halides is 1. The second-order valence-corrected chi connectivity index (χ2v) is 1.53. The van der Waals surface area contributed by atoms with Crippen LogP contribution in [0.1, 0.15) is 5.89 Å². The summed E-state index contributed by atoms with van der Waals surface area (Å²) >= 11 is 3.14. The smallest absolute Gasteiger partial charge is 0.226 e. The van der Waals surface area contributed by atoms with E-state index in [-0.39, 0.29) is 0 Å². The van der Waals surface area contributed by atoms with Crippen LogP contribution in [0.5, 0.6) is 0 Å². The minimum atomic E-state index is 0.611. The van der Waals surface area contributed by atoms with E-state index in [9.17, 15) is 0 Å². The van der Waals surface area contributed by atoms with Crippen molar-refractivity contribution in [3.63, 3.8) is 0 Å². The molecule has 0 unspecified atom stereocenters. The van der Waals surface area contributed by atoms with Crippen LogP contribution in [-0.4, -0.2) is 10.2 Å². The lowest BCUT2D eigenvalue weighted by Gasteiger charge is -1.73. The van der Waals surface area contributed by atoms with Crippen molar-refractivity contribution in [2.75, 3.05) is 0 Å².